The van der Waals surface area contributed by atoms with E-state index in [1.165, 1.54) is 6.07 Å². The highest BCUT2D eigenvalue weighted by atomic mass is 35.5. The van der Waals surface area contributed by atoms with Gasteiger partial charge in [0.15, 0.2) is 5.82 Å². The molecule has 1 saturated carbocycles. The van der Waals surface area contributed by atoms with Crippen LogP contribution >= 0.6 is 11.6 Å². The van der Waals surface area contributed by atoms with Gasteiger partial charge in [-0.3, -0.25) is 4.72 Å². The molecule has 10 heteroatoms. The third kappa shape index (κ3) is 5.20. The molecular weight excluding hydrogens is 465 g/mol. The number of halogens is 2. The molecule has 0 saturated heterocycles. The number of hydrogen-bond acceptors (Lipinski definition) is 5. The van der Waals surface area contributed by atoms with Gasteiger partial charge >= 0.3 is 0 Å². The zero-order valence-corrected chi connectivity index (χ0v) is 20.6. The fourth-order valence-electron chi connectivity index (χ4n) is 3.43. The average molecular weight is 492 g/mol. The summed E-state index contributed by atoms with van der Waals surface area (Å²) in [6.45, 7) is 6.68. The molecule has 1 fully saturated rings. The quantitative estimate of drug-likeness (QED) is 0.503. The van der Waals surface area contributed by atoms with Crippen molar-refractivity contribution < 1.29 is 12.8 Å². The highest BCUT2D eigenvalue weighted by Crippen LogP contribution is 2.34. The Morgan fingerprint density at radius 3 is 2.42 bits per heavy atom. The van der Waals surface area contributed by atoms with Gasteiger partial charge in [0.05, 0.1) is 22.2 Å². The summed E-state index contributed by atoms with van der Waals surface area (Å²) in [6.07, 6.45) is 2.28. The first-order chi connectivity index (χ1) is 15.5. The Hall–Kier alpha value is -2.49. The normalized spacial score (nSPS) is 14.5. The van der Waals surface area contributed by atoms with E-state index in [1.54, 1.807) is 35.9 Å². The summed E-state index contributed by atoms with van der Waals surface area (Å²) in [5.41, 5.74) is 1.27. The van der Waals surface area contributed by atoms with Crippen molar-refractivity contribution in [3.05, 3.63) is 58.6 Å². The van der Waals surface area contributed by atoms with Gasteiger partial charge in [-0.2, -0.15) is 0 Å². The van der Waals surface area contributed by atoms with E-state index in [9.17, 15) is 12.8 Å². The lowest BCUT2D eigenvalue weighted by Crippen LogP contribution is -2.18. The van der Waals surface area contributed by atoms with Gasteiger partial charge in [-0.15, -0.1) is 10.2 Å². The van der Waals surface area contributed by atoms with E-state index >= 15 is 0 Å². The molecule has 0 aliphatic heterocycles. The molecule has 176 valence electrons. The lowest BCUT2D eigenvalue weighted by molar-refractivity contribution is 0.587. The van der Waals surface area contributed by atoms with E-state index in [1.807, 2.05) is 20.8 Å². The van der Waals surface area contributed by atoms with Gasteiger partial charge in [0, 0.05) is 24.7 Å². The molecule has 1 aromatic heterocycles. The molecule has 2 aromatic carbocycles. The smallest absolute Gasteiger partial charge is 0.261 e. The van der Waals surface area contributed by atoms with E-state index in [0.717, 1.165) is 24.5 Å². The number of aromatic nitrogens is 3. The summed E-state index contributed by atoms with van der Waals surface area (Å²) in [7, 11) is -2.21. The molecule has 3 aromatic rings. The Morgan fingerprint density at radius 2 is 1.82 bits per heavy atom. The largest absolute Gasteiger partial charge is 0.313 e. The molecule has 33 heavy (non-hydrogen) atoms. The maximum Gasteiger partial charge on any atom is 0.261 e. The molecule has 0 amide bonds. The van der Waals surface area contributed by atoms with E-state index in [-0.39, 0.29) is 21.0 Å². The third-order valence-electron chi connectivity index (χ3n) is 5.67. The van der Waals surface area contributed by atoms with Crippen LogP contribution in [0.2, 0.25) is 5.02 Å². The number of rotatable bonds is 7. The van der Waals surface area contributed by atoms with Crippen molar-refractivity contribution in [3.63, 3.8) is 0 Å². The summed E-state index contributed by atoms with van der Waals surface area (Å²) >= 11 is 6.03. The molecule has 0 atom stereocenters. The topological polar surface area (TPSA) is 88.9 Å². The standard InChI is InChI=1S/C23H27ClFN5O2S/c1-23(2,3)14-5-9-16(10-6-14)33(31,32)29-20-12-19(25)18(24)11-17(20)22-28-27-21(30(22)4)13-26-15-7-8-15/h5-6,9-12,15,26,29H,7-8,13H2,1-4H3. The number of nitrogens with one attached hydrogen (secondary N) is 2. The maximum atomic E-state index is 14.3. The number of hydrogen-bond donors (Lipinski definition) is 2. The fraction of sp³-hybridized carbons (Fsp3) is 0.391. The Balaban J connectivity index is 1.68. The third-order valence-corrected chi connectivity index (χ3v) is 7.34. The first kappa shape index (κ1) is 23.7. The van der Waals surface area contributed by atoms with Gasteiger partial charge in [-0.1, -0.05) is 44.5 Å². The number of nitrogens with zero attached hydrogens (tertiary/aromatic N) is 3. The van der Waals surface area contributed by atoms with E-state index in [4.69, 9.17) is 11.6 Å². The number of anilines is 1. The number of sulfonamides is 1. The maximum absolute atomic E-state index is 14.3. The highest BCUT2D eigenvalue weighted by Gasteiger charge is 2.24. The minimum Gasteiger partial charge on any atom is -0.313 e. The molecule has 2 N–H and O–H groups in total. The monoisotopic (exact) mass is 491 g/mol. The molecular formula is C23H27ClFN5O2S. The molecule has 1 heterocycles. The molecule has 0 unspecified atom stereocenters. The highest BCUT2D eigenvalue weighted by molar-refractivity contribution is 7.92. The van der Waals surface area contributed by atoms with Gasteiger partial charge in [0.2, 0.25) is 0 Å². The van der Waals surface area contributed by atoms with Crippen LogP contribution in [0.15, 0.2) is 41.3 Å². The van der Waals surface area contributed by atoms with Crippen molar-refractivity contribution in [2.75, 3.05) is 4.72 Å². The molecule has 7 nitrogen and oxygen atoms in total. The van der Waals surface area contributed by atoms with Gasteiger partial charge in [0.25, 0.3) is 10.0 Å². The zero-order chi connectivity index (χ0) is 24.0. The summed E-state index contributed by atoms with van der Waals surface area (Å²) in [5, 5.41) is 11.7. The Kier molecular flexibility index (Phi) is 6.24. The lowest BCUT2D eigenvalue weighted by Gasteiger charge is -2.19. The average Bonchev–Trinajstić information content (AvgIpc) is 3.50. The predicted molar refractivity (Wildman–Crippen MR) is 127 cm³/mol. The van der Waals surface area contributed by atoms with Crippen LogP contribution in [-0.2, 0) is 29.0 Å². The van der Waals surface area contributed by atoms with Crippen LogP contribution < -0.4 is 10.0 Å². The van der Waals surface area contributed by atoms with Crippen molar-refractivity contribution in [3.8, 4) is 11.4 Å². The minimum atomic E-state index is -3.98. The Bertz CT molecular complexity index is 1280. The summed E-state index contributed by atoms with van der Waals surface area (Å²) in [6, 6.07) is 9.56. The molecule has 0 spiro atoms. The fourth-order valence-corrected chi connectivity index (χ4v) is 4.66. The van der Waals surface area contributed by atoms with Crippen LogP contribution in [0.4, 0.5) is 10.1 Å². The minimum absolute atomic E-state index is 0.0361. The first-order valence-electron chi connectivity index (χ1n) is 10.7. The van der Waals surface area contributed by atoms with Gasteiger partial charge in [-0.25, -0.2) is 12.8 Å². The van der Waals surface area contributed by atoms with Crippen LogP contribution in [0.25, 0.3) is 11.4 Å². The van der Waals surface area contributed by atoms with E-state index < -0.39 is 15.8 Å². The van der Waals surface area contributed by atoms with Crippen molar-refractivity contribution in [2.45, 2.75) is 56.5 Å². The van der Waals surface area contributed by atoms with Gasteiger partial charge in [-0.05, 0) is 42.0 Å². The molecule has 1 aliphatic rings. The Labute approximate surface area is 198 Å². The number of benzene rings is 2. The lowest BCUT2D eigenvalue weighted by atomic mass is 9.87. The Morgan fingerprint density at radius 1 is 1.15 bits per heavy atom. The summed E-state index contributed by atoms with van der Waals surface area (Å²) in [4.78, 5) is 0.0732. The van der Waals surface area contributed by atoms with Crippen molar-refractivity contribution in [2.24, 2.45) is 7.05 Å². The van der Waals surface area contributed by atoms with Gasteiger partial charge < -0.3 is 9.88 Å². The van der Waals surface area contributed by atoms with Crippen LogP contribution in [0.3, 0.4) is 0 Å². The first-order valence-corrected chi connectivity index (χ1v) is 12.6. The second-order valence-corrected chi connectivity index (χ2v) is 11.4. The van der Waals surface area contributed by atoms with Crippen LogP contribution in [0.1, 0.15) is 45.0 Å². The molecule has 1 aliphatic carbocycles. The van der Waals surface area contributed by atoms with Crippen LogP contribution in [0.5, 0.6) is 0 Å². The molecule has 0 radical (unpaired) electrons. The van der Waals surface area contributed by atoms with E-state index in [2.05, 4.69) is 20.2 Å². The van der Waals surface area contributed by atoms with Crippen molar-refractivity contribution >= 4 is 27.3 Å². The van der Waals surface area contributed by atoms with Crippen LogP contribution in [0, 0.1) is 5.82 Å². The summed E-state index contributed by atoms with van der Waals surface area (Å²) in [5.74, 6) is 0.327. The SMILES string of the molecule is Cn1c(CNC2CC2)nnc1-c1cc(Cl)c(F)cc1NS(=O)(=O)c1ccc(C(C)(C)C)cc1. The summed E-state index contributed by atoms with van der Waals surface area (Å²) < 4.78 is 44.8. The zero-order valence-electron chi connectivity index (χ0n) is 19.0. The van der Waals surface area contributed by atoms with Crippen molar-refractivity contribution in [1.82, 2.24) is 20.1 Å². The molecule has 4 rings (SSSR count). The second kappa shape index (κ2) is 8.70. The molecule has 0 bridgehead atoms. The van der Waals surface area contributed by atoms with Crippen molar-refractivity contribution in [1.29, 1.82) is 0 Å². The van der Waals surface area contributed by atoms with Crippen LogP contribution in [-0.4, -0.2) is 29.2 Å². The van der Waals surface area contributed by atoms with E-state index in [0.29, 0.717) is 29.8 Å². The van der Waals surface area contributed by atoms with Gasteiger partial charge in [0.1, 0.15) is 11.6 Å². The second-order valence-electron chi connectivity index (χ2n) is 9.35. The predicted octanol–water partition coefficient (Wildman–Crippen LogP) is 4.62.